The van der Waals surface area contributed by atoms with Gasteiger partial charge in [-0.2, -0.15) is 0 Å². The Kier molecular flexibility index (Phi) is 4.32. The van der Waals surface area contributed by atoms with Crippen molar-refractivity contribution in [2.75, 3.05) is 0 Å². The Morgan fingerprint density at radius 3 is 2.67 bits per heavy atom. The Hall–Kier alpha value is -2.28. The number of benzene rings is 1. The van der Waals surface area contributed by atoms with E-state index in [0.717, 1.165) is 6.07 Å². The molecule has 2 aromatic rings. The zero-order valence-corrected chi connectivity index (χ0v) is 12.0. The Morgan fingerprint density at radius 1 is 1.33 bits per heavy atom. The molecule has 6 nitrogen and oxygen atoms in total. The molecule has 21 heavy (non-hydrogen) atoms. The van der Waals surface area contributed by atoms with Gasteiger partial charge >= 0.3 is 0 Å². The Bertz CT molecular complexity index is 689. The quantitative estimate of drug-likeness (QED) is 0.491. The standard InChI is InChI=1S/C13H11ClFN3O3/c1-7-3-11(9(15)5-10(7)18(19)20)21-6-13-16-8(2)4-12(14)17-13/h3-5H,6H2,1-2H3. The van der Waals surface area contributed by atoms with Crippen LogP contribution < -0.4 is 4.74 Å². The van der Waals surface area contributed by atoms with Crippen LogP contribution in [0.4, 0.5) is 10.1 Å². The van der Waals surface area contributed by atoms with Gasteiger partial charge in [-0.25, -0.2) is 14.4 Å². The monoisotopic (exact) mass is 311 g/mol. The molecule has 0 radical (unpaired) electrons. The van der Waals surface area contributed by atoms with E-state index in [4.69, 9.17) is 16.3 Å². The van der Waals surface area contributed by atoms with Gasteiger partial charge in [0.15, 0.2) is 17.4 Å². The maximum Gasteiger partial charge on any atom is 0.275 e. The molecule has 8 heteroatoms. The van der Waals surface area contributed by atoms with Crippen LogP contribution in [0.2, 0.25) is 5.15 Å². The number of nitro benzene ring substituents is 1. The highest BCUT2D eigenvalue weighted by Gasteiger charge is 2.16. The van der Waals surface area contributed by atoms with Gasteiger partial charge in [0, 0.05) is 11.3 Å². The Balaban J connectivity index is 2.20. The molecule has 2 rings (SSSR count). The molecular weight excluding hydrogens is 301 g/mol. The van der Waals surface area contributed by atoms with Gasteiger partial charge in [0.25, 0.3) is 5.69 Å². The molecule has 0 aliphatic rings. The molecular formula is C13H11ClFN3O3. The number of nitrogens with zero attached hydrogens (tertiary/aromatic N) is 3. The summed E-state index contributed by atoms with van der Waals surface area (Å²) in [6.07, 6.45) is 0. The van der Waals surface area contributed by atoms with Crippen LogP contribution in [0.15, 0.2) is 18.2 Å². The summed E-state index contributed by atoms with van der Waals surface area (Å²) >= 11 is 5.79. The molecule has 0 amide bonds. The molecule has 0 spiro atoms. The second kappa shape index (κ2) is 6.01. The van der Waals surface area contributed by atoms with E-state index in [9.17, 15) is 14.5 Å². The zero-order valence-electron chi connectivity index (χ0n) is 11.3. The second-order valence-corrected chi connectivity index (χ2v) is 4.75. The maximum absolute atomic E-state index is 13.8. The normalized spacial score (nSPS) is 10.5. The van der Waals surface area contributed by atoms with E-state index in [1.165, 1.54) is 13.0 Å². The topological polar surface area (TPSA) is 78.2 Å². The van der Waals surface area contributed by atoms with Gasteiger partial charge in [0.1, 0.15) is 11.8 Å². The molecule has 0 fully saturated rings. The van der Waals surface area contributed by atoms with Crippen molar-refractivity contribution in [1.29, 1.82) is 0 Å². The molecule has 0 N–H and O–H groups in total. The van der Waals surface area contributed by atoms with Crippen LogP contribution >= 0.6 is 11.6 Å². The van der Waals surface area contributed by atoms with E-state index in [1.54, 1.807) is 13.0 Å². The highest BCUT2D eigenvalue weighted by molar-refractivity contribution is 6.29. The first-order chi connectivity index (χ1) is 9.86. The van der Waals surface area contributed by atoms with E-state index in [-0.39, 0.29) is 23.2 Å². The summed E-state index contributed by atoms with van der Waals surface area (Å²) in [6, 6.07) is 3.68. The van der Waals surface area contributed by atoms with Crippen molar-refractivity contribution in [2.45, 2.75) is 20.5 Å². The number of nitro groups is 1. The highest BCUT2D eigenvalue weighted by atomic mass is 35.5. The average molecular weight is 312 g/mol. The third-order valence-electron chi connectivity index (χ3n) is 2.67. The first-order valence-electron chi connectivity index (χ1n) is 5.94. The number of hydrogen-bond acceptors (Lipinski definition) is 5. The first-order valence-corrected chi connectivity index (χ1v) is 6.32. The number of halogens is 2. The lowest BCUT2D eigenvalue weighted by molar-refractivity contribution is -0.385. The van der Waals surface area contributed by atoms with Crippen molar-refractivity contribution in [3.8, 4) is 5.75 Å². The number of rotatable bonds is 4. The molecule has 0 aliphatic heterocycles. The van der Waals surface area contributed by atoms with E-state index < -0.39 is 10.7 Å². The van der Waals surface area contributed by atoms with Crippen LogP contribution in [-0.4, -0.2) is 14.9 Å². The summed E-state index contributed by atoms with van der Waals surface area (Å²) in [6.45, 7) is 3.16. The van der Waals surface area contributed by atoms with Crippen molar-refractivity contribution in [1.82, 2.24) is 9.97 Å². The van der Waals surface area contributed by atoms with Gasteiger partial charge in [-0.05, 0) is 26.0 Å². The molecule has 0 bridgehead atoms. The molecule has 0 aliphatic carbocycles. The number of ether oxygens (including phenoxy) is 1. The number of hydrogen-bond donors (Lipinski definition) is 0. The summed E-state index contributed by atoms with van der Waals surface area (Å²) in [5.41, 5.74) is 0.670. The van der Waals surface area contributed by atoms with Gasteiger partial charge in [0.05, 0.1) is 11.0 Å². The molecule has 1 heterocycles. The number of aromatic nitrogens is 2. The minimum absolute atomic E-state index is 0.0877. The second-order valence-electron chi connectivity index (χ2n) is 4.36. The van der Waals surface area contributed by atoms with Gasteiger partial charge in [-0.3, -0.25) is 10.1 Å². The van der Waals surface area contributed by atoms with Gasteiger partial charge in [-0.15, -0.1) is 0 Å². The van der Waals surface area contributed by atoms with Gasteiger partial charge in [0.2, 0.25) is 0 Å². The molecule has 110 valence electrons. The van der Waals surface area contributed by atoms with E-state index >= 15 is 0 Å². The van der Waals surface area contributed by atoms with Crippen LogP contribution in [0.25, 0.3) is 0 Å². The minimum Gasteiger partial charge on any atom is -0.483 e. The zero-order chi connectivity index (χ0) is 15.6. The van der Waals surface area contributed by atoms with Crippen molar-refractivity contribution >= 4 is 17.3 Å². The molecule has 0 saturated carbocycles. The van der Waals surface area contributed by atoms with Crippen LogP contribution in [-0.2, 0) is 6.61 Å². The molecule has 1 aromatic heterocycles. The fourth-order valence-electron chi connectivity index (χ4n) is 1.75. The van der Waals surface area contributed by atoms with E-state index in [0.29, 0.717) is 17.1 Å². The highest BCUT2D eigenvalue weighted by Crippen LogP contribution is 2.27. The van der Waals surface area contributed by atoms with E-state index in [1.807, 2.05) is 0 Å². The predicted molar refractivity (Wildman–Crippen MR) is 73.9 cm³/mol. The summed E-state index contributed by atoms with van der Waals surface area (Å²) in [5, 5.41) is 11.0. The van der Waals surface area contributed by atoms with Crippen molar-refractivity contribution in [2.24, 2.45) is 0 Å². The summed E-state index contributed by atoms with van der Waals surface area (Å²) in [5.74, 6) is -0.610. The lowest BCUT2D eigenvalue weighted by Gasteiger charge is -2.08. The van der Waals surface area contributed by atoms with Crippen molar-refractivity contribution in [3.05, 3.63) is 56.4 Å². The molecule has 0 unspecified atom stereocenters. The molecule has 1 aromatic carbocycles. The Morgan fingerprint density at radius 2 is 2.05 bits per heavy atom. The SMILES string of the molecule is Cc1cc(Cl)nc(COc2cc(C)c([N+](=O)[O-])cc2F)n1. The van der Waals surface area contributed by atoms with E-state index in [2.05, 4.69) is 9.97 Å². The minimum atomic E-state index is -0.814. The van der Waals surface area contributed by atoms with Crippen LogP contribution in [0.5, 0.6) is 5.75 Å². The lowest BCUT2D eigenvalue weighted by Crippen LogP contribution is -2.04. The van der Waals surface area contributed by atoms with Gasteiger partial charge < -0.3 is 4.74 Å². The largest absolute Gasteiger partial charge is 0.483 e. The average Bonchev–Trinajstić information content (AvgIpc) is 2.38. The molecule has 0 saturated heterocycles. The fourth-order valence-corrected chi connectivity index (χ4v) is 2.00. The third-order valence-corrected chi connectivity index (χ3v) is 2.87. The summed E-state index contributed by atoms with van der Waals surface area (Å²) in [7, 11) is 0. The third kappa shape index (κ3) is 3.63. The summed E-state index contributed by atoms with van der Waals surface area (Å²) in [4.78, 5) is 18.1. The van der Waals surface area contributed by atoms with Crippen molar-refractivity contribution < 1.29 is 14.1 Å². The fraction of sp³-hybridized carbons (Fsp3) is 0.231. The lowest BCUT2D eigenvalue weighted by atomic mass is 10.2. The smallest absolute Gasteiger partial charge is 0.275 e. The maximum atomic E-state index is 13.8. The van der Waals surface area contributed by atoms with Crippen LogP contribution in [0.3, 0.4) is 0 Å². The van der Waals surface area contributed by atoms with Crippen LogP contribution in [0, 0.1) is 29.8 Å². The predicted octanol–water partition coefficient (Wildman–Crippen LogP) is 3.37. The summed E-state index contributed by atoms with van der Waals surface area (Å²) < 4.78 is 19.0. The first kappa shape index (κ1) is 15.1. The molecule has 0 atom stereocenters. The van der Waals surface area contributed by atoms with Crippen LogP contribution in [0.1, 0.15) is 17.1 Å². The van der Waals surface area contributed by atoms with Crippen molar-refractivity contribution in [3.63, 3.8) is 0 Å². The number of aryl methyl sites for hydroxylation is 2. The Labute approximate surface area is 124 Å². The van der Waals surface area contributed by atoms with Gasteiger partial charge in [-0.1, -0.05) is 11.6 Å².